The molecule has 0 radical (unpaired) electrons. The molecule has 106 valence electrons. The third kappa shape index (κ3) is 1.95. The van der Waals surface area contributed by atoms with Crippen LogP contribution in [0.5, 0.6) is 0 Å². The number of para-hydroxylation sites is 1. The minimum Gasteiger partial charge on any atom is -0.464 e. The summed E-state index contributed by atoms with van der Waals surface area (Å²) in [5.74, 6) is 0. The van der Waals surface area contributed by atoms with Gasteiger partial charge in [-0.2, -0.15) is 0 Å². The SMILES string of the molecule is NCC(c1coc2ccccc12)N1CC2CCC(C1)O2. The first kappa shape index (κ1) is 12.4. The first-order valence-corrected chi connectivity index (χ1v) is 7.41. The van der Waals surface area contributed by atoms with Crippen LogP contribution in [0.4, 0.5) is 0 Å². The third-order valence-electron chi connectivity index (χ3n) is 4.61. The molecule has 0 spiro atoms. The molecule has 20 heavy (non-hydrogen) atoms. The molecule has 3 unspecified atom stereocenters. The van der Waals surface area contributed by atoms with Gasteiger partial charge in [0.15, 0.2) is 0 Å². The highest BCUT2D eigenvalue weighted by Gasteiger charge is 2.37. The molecule has 2 N–H and O–H groups in total. The summed E-state index contributed by atoms with van der Waals surface area (Å²) in [7, 11) is 0. The van der Waals surface area contributed by atoms with Gasteiger partial charge >= 0.3 is 0 Å². The predicted molar refractivity (Wildman–Crippen MR) is 77.5 cm³/mol. The zero-order valence-electron chi connectivity index (χ0n) is 11.5. The van der Waals surface area contributed by atoms with Crippen molar-refractivity contribution in [1.29, 1.82) is 0 Å². The lowest BCUT2D eigenvalue weighted by Crippen LogP contribution is -2.46. The summed E-state index contributed by atoms with van der Waals surface area (Å²) in [5, 5.41) is 1.18. The molecule has 0 amide bonds. The van der Waals surface area contributed by atoms with Crippen LogP contribution in [0.2, 0.25) is 0 Å². The molecule has 3 atom stereocenters. The summed E-state index contributed by atoms with van der Waals surface area (Å²) >= 11 is 0. The van der Waals surface area contributed by atoms with Crippen LogP contribution in [0.3, 0.4) is 0 Å². The molecule has 2 saturated heterocycles. The quantitative estimate of drug-likeness (QED) is 0.931. The first-order chi connectivity index (χ1) is 9.85. The second kappa shape index (κ2) is 4.88. The standard InChI is InChI=1S/C16H20N2O2/c17-7-15(18-8-11-5-6-12(9-18)20-11)14-10-19-16-4-2-1-3-13(14)16/h1-4,10-12,15H,5-9,17H2. The van der Waals surface area contributed by atoms with E-state index < -0.39 is 0 Å². The van der Waals surface area contributed by atoms with Crippen LogP contribution >= 0.6 is 0 Å². The fraction of sp³-hybridized carbons (Fsp3) is 0.500. The largest absolute Gasteiger partial charge is 0.464 e. The average Bonchev–Trinajstić information content (AvgIpc) is 3.04. The Kier molecular flexibility index (Phi) is 3.02. The van der Waals surface area contributed by atoms with Gasteiger partial charge in [-0.05, 0) is 18.9 Å². The van der Waals surface area contributed by atoms with E-state index >= 15 is 0 Å². The highest BCUT2D eigenvalue weighted by molar-refractivity contribution is 5.81. The van der Waals surface area contributed by atoms with Gasteiger partial charge in [0.05, 0.1) is 24.5 Å². The van der Waals surface area contributed by atoms with Crippen LogP contribution in [0.25, 0.3) is 11.0 Å². The van der Waals surface area contributed by atoms with Crippen LogP contribution in [-0.2, 0) is 4.74 Å². The van der Waals surface area contributed by atoms with Crippen molar-refractivity contribution in [2.24, 2.45) is 5.73 Å². The molecule has 2 aliphatic rings. The Morgan fingerprint density at radius 2 is 1.95 bits per heavy atom. The van der Waals surface area contributed by atoms with Crippen LogP contribution in [0.15, 0.2) is 34.9 Å². The number of furan rings is 1. The summed E-state index contributed by atoms with van der Waals surface area (Å²) in [6.45, 7) is 2.58. The van der Waals surface area contributed by atoms with E-state index in [-0.39, 0.29) is 6.04 Å². The second-order valence-electron chi connectivity index (χ2n) is 5.85. The summed E-state index contributed by atoms with van der Waals surface area (Å²) in [4.78, 5) is 2.48. The maximum absolute atomic E-state index is 6.07. The zero-order chi connectivity index (χ0) is 13.5. The van der Waals surface area contributed by atoms with E-state index in [0.717, 1.165) is 18.7 Å². The van der Waals surface area contributed by atoms with Crippen molar-refractivity contribution in [3.63, 3.8) is 0 Å². The number of nitrogens with two attached hydrogens (primary N) is 1. The Morgan fingerprint density at radius 3 is 2.70 bits per heavy atom. The summed E-state index contributed by atoms with van der Waals surface area (Å²) in [6, 6.07) is 8.41. The van der Waals surface area contributed by atoms with Crippen molar-refractivity contribution in [2.75, 3.05) is 19.6 Å². The molecule has 0 saturated carbocycles. The van der Waals surface area contributed by atoms with E-state index in [1.165, 1.54) is 23.8 Å². The average molecular weight is 272 g/mol. The molecular weight excluding hydrogens is 252 g/mol. The lowest BCUT2D eigenvalue weighted by Gasteiger charge is -2.37. The number of fused-ring (bicyclic) bond motifs is 3. The summed E-state index contributed by atoms with van der Waals surface area (Å²) in [5.41, 5.74) is 8.23. The molecule has 2 bridgehead atoms. The first-order valence-electron chi connectivity index (χ1n) is 7.41. The third-order valence-corrected chi connectivity index (χ3v) is 4.61. The smallest absolute Gasteiger partial charge is 0.134 e. The molecule has 1 aromatic heterocycles. The van der Waals surface area contributed by atoms with E-state index in [1.54, 1.807) is 0 Å². The minimum atomic E-state index is 0.227. The number of ether oxygens (including phenoxy) is 1. The van der Waals surface area contributed by atoms with Gasteiger partial charge in [0, 0.05) is 30.6 Å². The Labute approximate surface area is 118 Å². The molecule has 1 aromatic carbocycles. The Balaban J connectivity index is 1.67. The van der Waals surface area contributed by atoms with Crippen molar-refractivity contribution in [2.45, 2.75) is 31.1 Å². The number of benzene rings is 1. The number of morpholine rings is 1. The van der Waals surface area contributed by atoms with E-state index in [0.29, 0.717) is 18.8 Å². The summed E-state index contributed by atoms with van der Waals surface area (Å²) in [6.07, 6.45) is 5.02. The van der Waals surface area contributed by atoms with Crippen molar-refractivity contribution in [1.82, 2.24) is 4.90 Å². The van der Waals surface area contributed by atoms with Gasteiger partial charge in [-0.3, -0.25) is 4.90 Å². The van der Waals surface area contributed by atoms with Crippen molar-refractivity contribution < 1.29 is 9.15 Å². The van der Waals surface area contributed by atoms with Gasteiger partial charge < -0.3 is 14.9 Å². The zero-order valence-corrected chi connectivity index (χ0v) is 11.5. The van der Waals surface area contributed by atoms with Crippen LogP contribution < -0.4 is 5.73 Å². The monoisotopic (exact) mass is 272 g/mol. The molecule has 2 aromatic rings. The molecule has 3 heterocycles. The lowest BCUT2D eigenvalue weighted by atomic mass is 10.0. The van der Waals surface area contributed by atoms with Gasteiger partial charge in [0.2, 0.25) is 0 Å². The van der Waals surface area contributed by atoms with Crippen molar-refractivity contribution in [3.05, 3.63) is 36.1 Å². The van der Waals surface area contributed by atoms with Gasteiger partial charge in [-0.1, -0.05) is 18.2 Å². The number of hydrogen-bond donors (Lipinski definition) is 1. The maximum Gasteiger partial charge on any atom is 0.134 e. The number of rotatable bonds is 3. The molecule has 2 fully saturated rings. The highest BCUT2D eigenvalue weighted by atomic mass is 16.5. The Bertz CT molecular complexity index is 597. The fourth-order valence-corrected chi connectivity index (χ4v) is 3.63. The van der Waals surface area contributed by atoms with E-state index in [2.05, 4.69) is 17.0 Å². The number of likely N-dealkylation sites (tertiary alicyclic amines) is 1. The van der Waals surface area contributed by atoms with Crippen molar-refractivity contribution in [3.8, 4) is 0 Å². The van der Waals surface area contributed by atoms with Crippen LogP contribution in [-0.4, -0.2) is 36.7 Å². The molecule has 4 nitrogen and oxygen atoms in total. The summed E-state index contributed by atoms with van der Waals surface area (Å²) < 4.78 is 11.6. The van der Waals surface area contributed by atoms with E-state index in [4.69, 9.17) is 14.9 Å². The highest BCUT2D eigenvalue weighted by Crippen LogP contribution is 2.34. The minimum absolute atomic E-state index is 0.227. The van der Waals surface area contributed by atoms with Gasteiger partial charge in [0.25, 0.3) is 0 Å². The molecule has 4 rings (SSSR count). The van der Waals surface area contributed by atoms with Gasteiger partial charge in [0.1, 0.15) is 5.58 Å². The van der Waals surface area contributed by atoms with Crippen LogP contribution in [0.1, 0.15) is 24.4 Å². The molecule has 4 heteroatoms. The number of nitrogens with zero attached hydrogens (tertiary/aromatic N) is 1. The van der Waals surface area contributed by atoms with Crippen molar-refractivity contribution >= 4 is 11.0 Å². The Hall–Kier alpha value is -1.36. The Morgan fingerprint density at radius 1 is 1.20 bits per heavy atom. The fourth-order valence-electron chi connectivity index (χ4n) is 3.63. The van der Waals surface area contributed by atoms with Gasteiger partial charge in [-0.15, -0.1) is 0 Å². The van der Waals surface area contributed by atoms with E-state index in [9.17, 15) is 0 Å². The molecular formula is C16H20N2O2. The van der Waals surface area contributed by atoms with E-state index in [1.807, 2.05) is 18.4 Å². The molecule has 2 aliphatic heterocycles. The second-order valence-corrected chi connectivity index (χ2v) is 5.85. The lowest BCUT2D eigenvalue weighted by molar-refractivity contribution is -0.0520. The topological polar surface area (TPSA) is 51.6 Å². The predicted octanol–water partition coefficient (Wildman–Crippen LogP) is 2.30. The van der Waals surface area contributed by atoms with Crippen LogP contribution in [0, 0.1) is 0 Å². The maximum atomic E-state index is 6.07. The molecule has 0 aliphatic carbocycles. The van der Waals surface area contributed by atoms with Gasteiger partial charge in [-0.25, -0.2) is 0 Å². The normalized spacial score (nSPS) is 28.1. The number of hydrogen-bond acceptors (Lipinski definition) is 4.